The predicted molar refractivity (Wildman–Crippen MR) is 95.6 cm³/mol. The summed E-state index contributed by atoms with van der Waals surface area (Å²) in [6, 6.07) is 4.92. The van der Waals surface area contributed by atoms with E-state index in [1.54, 1.807) is 11.8 Å². The number of halogens is 3. The Bertz CT molecular complexity index is 857. The standard InChI is InChI=1S/C19H23F3N4O/c1-12-15(17(27)25-8-7-16(23)18(2,3)11-25)10-24-26(12)14-6-4-5-13(9-14)19(20,21)22/h4-6,9-10,16H,7-8,11,23H2,1-3H3. The average molecular weight is 380 g/mol. The molecule has 2 heterocycles. The molecular formula is C19H23F3N4O. The van der Waals surface area contributed by atoms with Crippen LogP contribution in [0.15, 0.2) is 30.5 Å². The van der Waals surface area contributed by atoms with Gasteiger partial charge in [0.05, 0.1) is 28.7 Å². The van der Waals surface area contributed by atoms with Gasteiger partial charge in [-0.3, -0.25) is 4.79 Å². The van der Waals surface area contributed by atoms with Crippen molar-refractivity contribution >= 4 is 5.91 Å². The van der Waals surface area contributed by atoms with Crippen LogP contribution in [0.5, 0.6) is 0 Å². The normalized spacial score (nSPS) is 20.0. The zero-order chi connectivity index (χ0) is 20.0. The topological polar surface area (TPSA) is 64.2 Å². The molecule has 2 N–H and O–H groups in total. The van der Waals surface area contributed by atoms with E-state index < -0.39 is 11.7 Å². The number of carbonyl (C=O) groups excluding carboxylic acids is 1. The summed E-state index contributed by atoms with van der Waals surface area (Å²) in [6.45, 7) is 6.81. The molecule has 1 amide bonds. The number of benzene rings is 1. The van der Waals surface area contributed by atoms with Crippen LogP contribution in [0, 0.1) is 12.3 Å². The molecule has 0 spiro atoms. The highest BCUT2D eigenvalue weighted by atomic mass is 19.4. The van der Waals surface area contributed by atoms with Gasteiger partial charge in [0, 0.05) is 19.1 Å². The largest absolute Gasteiger partial charge is 0.416 e. The number of carbonyl (C=O) groups is 1. The summed E-state index contributed by atoms with van der Waals surface area (Å²) in [6.07, 6.45) is -2.31. The lowest BCUT2D eigenvalue weighted by Crippen LogP contribution is -2.54. The highest BCUT2D eigenvalue weighted by molar-refractivity contribution is 5.95. The lowest BCUT2D eigenvalue weighted by atomic mass is 9.79. The van der Waals surface area contributed by atoms with Crippen LogP contribution < -0.4 is 5.73 Å². The first-order valence-electron chi connectivity index (χ1n) is 8.78. The van der Waals surface area contributed by atoms with Gasteiger partial charge in [0.25, 0.3) is 5.91 Å². The Hall–Kier alpha value is -2.35. The molecule has 5 nitrogen and oxygen atoms in total. The molecule has 1 atom stereocenters. The Kier molecular flexibility index (Phi) is 4.80. The second-order valence-electron chi connectivity index (χ2n) is 7.71. The molecule has 8 heteroatoms. The van der Waals surface area contributed by atoms with E-state index in [2.05, 4.69) is 5.10 Å². The Morgan fingerprint density at radius 1 is 1.33 bits per heavy atom. The average Bonchev–Trinajstić information content (AvgIpc) is 2.97. The summed E-state index contributed by atoms with van der Waals surface area (Å²) in [5.41, 5.74) is 6.34. The van der Waals surface area contributed by atoms with Crippen LogP contribution in [0.4, 0.5) is 13.2 Å². The quantitative estimate of drug-likeness (QED) is 0.869. The Labute approximate surface area is 155 Å². The number of hydrogen-bond acceptors (Lipinski definition) is 3. The van der Waals surface area contributed by atoms with E-state index in [4.69, 9.17) is 5.73 Å². The molecular weight excluding hydrogens is 357 g/mol. The van der Waals surface area contributed by atoms with Crippen molar-refractivity contribution in [2.75, 3.05) is 13.1 Å². The number of nitrogens with zero attached hydrogens (tertiary/aromatic N) is 3. The van der Waals surface area contributed by atoms with Gasteiger partial charge in [-0.2, -0.15) is 18.3 Å². The van der Waals surface area contributed by atoms with Crippen LogP contribution >= 0.6 is 0 Å². The third-order valence-electron chi connectivity index (χ3n) is 5.26. The highest BCUT2D eigenvalue weighted by Gasteiger charge is 2.36. The van der Waals surface area contributed by atoms with E-state index in [9.17, 15) is 18.0 Å². The van der Waals surface area contributed by atoms with Crippen LogP contribution in [0.25, 0.3) is 5.69 Å². The smallest absolute Gasteiger partial charge is 0.338 e. The van der Waals surface area contributed by atoms with Crippen molar-refractivity contribution in [2.24, 2.45) is 11.1 Å². The molecule has 1 aromatic carbocycles. The third-order valence-corrected chi connectivity index (χ3v) is 5.26. The first-order chi connectivity index (χ1) is 12.5. The maximum Gasteiger partial charge on any atom is 0.416 e. The zero-order valence-corrected chi connectivity index (χ0v) is 15.5. The molecule has 0 bridgehead atoms. The minimum Gasteiger partial charge on any atom is -0.338 e. The number of alkyl halides is 3. The molecule has 3 rings (SSSR count). The summed E-state index contributed by atoms with van der Waals surface area (Å²) in [4.78, 5) is 14.7. The van der Waals surface area contributed by atoms with Crippen molar-refractivity contribution < 1.29 is 18.0 Å². The van der Waals surface area contributed by atoms with Gasteiger partial charge in [-0.1, -0.05) is 19.9 Å². The molecule has 1 saturated heterocycles. The molecule has 1 aromatic heterocycles. The number of amides is 1. The number of hydrogen-bond donors (Lipinski definition) is 1. The minimum atomic E-state index is -4.44. The fourth-order valence-corrected chi connectivity index (χ4v) is 3.41. The van der Waals surface area contributed by atoms with Gasteiger partial charge in [0.15, 0.2) is 0 Å². The van der Waals surface area contributed by atoms with Crippen LogP contribution in [0.3, 0.4) is 0 Å². The van der Waals surface area contributed by atoms with Crippen molar-refractivity contribution in [1.29, 1.82) is 0 Å². The summed E-state index contributed by atoms with van der Waals surface area (Å²) in [7, 11) is 0. The first kappa shape index (κ1) is 19.4. The second kappa shape index (κ2) is 6.67. The lowest BCUT2D eigenvalue weighted by Gasteiger charge is -2.42. The number of likely N-dealkylation sites (tertiary alicyclic amines) is 1. The van der Waals surface area contributed by atoms with E-state index in [1.807, 2.05) is 13.8 Å². The summed E-state index contributed by atoms with van der Waals surface area (Å²) < 4.78 is 40.3. The van der Waals surface area contributed by atoms with Crippen LogP contribution in [-0.2, 0) is 6.18 Å². The highest BCUT2D eigenvalue weighted by Crippen LogP contribution is 2.31. The van der Waals surface area contributed by atoms with Crippen molar-refractivity contribution in [1.82, 2.24) is 14.7 Å². The van der Waals surface area contributed by atoms with Crippen molar-refractivity contribution in [2.45, 2.75) is 39.4 Å². The Balaban J connectivity index is 1.89. The van der Waals surface area contributed by atoms with Crippen molar-refractivity contribution in [3.8, 4) is 5.69 Å². The van der Waals surface area contributed by atoms with Gasteiger partial charge >= 0.3 is 6.18 Å². The van der Waals surface area contributed by atoms with E-state index in [0.29, 0.717) is 30.8 Å². The summed E-state index contributed by atoms with van der Waals surface area (Å²) in [5, 5.41) is 4.15. The molecule has 2 aromatic rings. The molecule has 1 aliphatic rings. The molecule has 0 saturated carbocycles. The van der Waals surface area contributed by atoms with Crippen molar-refractivity contribution in [3.05, 3.63) is 47.3 Å². The predicted octanol–water partition coefficient (Wildman–Crippen LogP) is 3.40. The number of aromatic nitrogens is 2. The van der Waals surface area contributed by atoms with E-state index in [0.717, 1.165) is 12.1 Å². The number of rotatable bonds is 2. The lowest BCUT2D eigenvalue weighted by molar-refractivity contribution is -0.137. The third kappa shape index (κ3) is 3.71. The zero-order valence-electron chi connectivity index (χ0n) is 15.5. The van der Waals surface area contributed by atoms with E-state index in [-0.39, 0.29) is 23.1 Å². The van der Waals surface area contributed by atoms with Gasteiger partial charge < -0.3 is 10.6 Å². The van der Waals surface area contributed by atoms with Gasteiger partial charge in [-0.15, -0.1) is 0 Å². The Morgan fingerprint density at radius 2 is 2.04 bits per heavy atom. The summed E-state index contributed by atoms with van der Waals surface area (Å²) >= 11 is 0. The van der Waals surface area contributed by atoms with E-state index >= 15 is 0 Å². The van der Waals surface area contributed by atoms with Gasteiger partial charge in [-0.05, 0) is 37.0 Å². The van der Waals surface area contributed by atoms with Crippen LogP contribution in [-0.4, -0.2) is 39.7 Å². The second-order valence-corrected chi connectivity index (χ2v) is 7.71. The molecule has 1 aliphatic heterocycles. The maximum absolute atomic E-state index is 13.0. The molecule has 27 heavy (non-hydrogen) atoms. The molecule has 0 aliphatic carbocycles. The SMILES string of the molecule is Cc1c(C(=O)N2CCC(N)C(C)(C)C2)cnn1-c1cccc(C(F)(F)F)c1. The summed E-state index contributed by atoms with van der Waals surface area (Å²) in [5.74, 6) is -0.175. The monoisotopic (exact) mass is 380 g/mol. The fourth-order valence-electron chi connectivity index (χ4n) is 3.41. The van der Waals surface area contributed by atoms with E-state index in [1.165, 1.54) is 23.0 Å². The minimum absolute atomic E-state index is 0.0236. The fraction of sp³-hybridized carbons (Fsp3) is 0.474. The maximum atomic E-state index is 13.0. The van der Waals surface area contributed by atoms with Crippen molar-refractivity contribution in [3.63, 3.8) is 0 Å². The van der Waals surface area contributed by atoms with Crippen LogP contribution in [0.1, 0.15) is 41.9 Å². The molecule has 1 fully saturated rings. The van der Waals surface area contributed by atoms with Gasteiger partial charge in [0.2, 0.25) is 0 Å². The van der Waals surface area contributed by atoms with Gasteiger partial charge in [-0.25, -0.2) is 4.68 Å². The first-order valence-corrected chi connectivity index (χ1v) is 8.78. The molecule has 1 unspecified atom stereocenters. The Morgan fingerprint density at radius 3 is 2.67 bits per heavy atom. The molecule has 146 valence electrons. The number of nitrogens with two attached hydrogens (primary N) is 1. The van der Waals surface area contributed by atoms with Gasteiger partial charge in [0.1, 0.15) is 0 Å². The van der Waals surface area contributed by atoms with Crippen LogP contribution in [0.2, 0.25) is 0 Å². The number of piperidine rings is 1. The molecule has 0 radical (unpaired) electrons.